The molecule has 0 saturated carbocycles. The van der Waals surface area contributed by atoms with Crippen molar-refractivity contribution in [3.8, 4) is 5.75 Å². The van der Waals surface area contributed by atoms with Crippen molar-refractivity contribution in [2.24, 2.45) is 5.73 Å². The molecule has 82 valence electrons. The summed E-state index contributed by atoms with van der Waals surface area (Å²) in [5, 5.41) is 3.67. The van der Waals surface area contributed by atoms with Gasteiger partial charge < -0.3 is 15.8 Å². The Hall–Kier alpha value is -1.00. The third kappa shape index (κ3) is 4.36. The van der Waals surface area contributed by atoms with Crippen LogP contribution in [0.2, 0.25) is 5.02 Å². The molecule has 1 aromatic carbocycles. The lowest BCUT2D eigenvalue weighted by Crippen LogP contribution is -2.32. The molecule has 0 fully saturated rings. The van der Waals surface area contributed by atoms with Crippen LogP contribution in [0, 0.1) is 6.92 Å². The normalized spacial score (nSPS) is 9.73. The van der Waals surface area contributed by atoms with Crippen LogP contribution >= 0.6 is 23.8 Å². The van der Waals surface area contributed by atoms with Gasteiger partial charge in [0.1, 0.15) is 12.4 Å². The Labute approximate surface area is 99.6 Å². The number of rotatable bonds is 4. The van der Waals surface area contributed by atoms with Crippen LogP contribution in [-0.4, -0.2) is 18.3 Å². The molecule has 0 aliphatic rings. The molecule has 0 saturated heterocycles. The van der Waals surface area contributed by atoms with E-state index in [-0.39, 0.29) is 5.11 Å². The van der Waals surface area contributed by atoms with Gasteiger partial charge in [-0.1, -0.05) is 17.7 Å². The summed E-state index contributed by atoms with van der Waals surface area (Å²) in [5.41, 5.74) is 6.37. The van der Waals surface area contributed by atoms with Gasteiger partial charge in [-0.2, -0.15) is 0 Å². The number of hydrogen-bond acceptors (Lipinski definition) is 2. The lowest BCUT2D eigenvalue weighted by atomic mass is 10.2. The Morgan fingerprint density at radius 2 is 2.33 bits per heavy atom. The minimum absolute atomic E-state index is 0.272. The Kier molecular flexibility index (Phi) is 4.65. The van der Waals surface area contributed by atoms with Crippen molar-refractivity contribution < 1.29 is 4.74 Å². The summed E-state index contributed by atoms with van der Waals surface area (Å²) in [7, 11) is 0. The number of nitrogens with one attached hydrogen (secondary N) is 1. The predicted octanol–water partition coefficient (Wildman–Crippen LogP) is 1.86. The van der Waals surface area contributed by atoms with E-state index in [4.69, 9.17) is 22.1 Å². The Bertz CT molecular complexity index is 357. The average molecular weight is 245 g/mol. The quantitative estimate of drug-likeness (QED) is 0.627. The predicted molar refractivity (Wildman–Crippen MR) is 66.5 cm³/mol. The van der Waals surface area contributed by atoms with Crippen LogP contribution in [0.15, 0.2) is 18.2 Å². The number of nitrogens with two attached hydrogens (primary N) is 1. The lowest BCUT2D eigenvalue weighted by Gasteiger charge is -2.09. The SMILES string of the molecule is Cc1ccc(Cl)c(OCCNC(N)=S)c1. The fourth-order valence-corrected chi connectivity index (χ4v) is 1.33. The van der Waals surface area contributed by atoms with E-state index in [9.17, 15) is 0 Å². The van der Waals surface area contributed by atoms with E-state index >= 15 is 0 Å². The summed E-state index contributed by atoms with van der Waals surface area (Å²) in [4.78, 5) is 0. The van der Waals surface area contributed by atoms with Crippen molar-refractivity contribution in [2.45, 2.75) is 6.92 Å². The molecule has 0 heterocycles. The van der Waals surface area contributed by atoms with Crippen LogP contribution in [0.4, 0.5) is 0 Å². The molecule has 0 atom stereocenters. The van der Waals surface area contributed by atoms with Crippen molar-refractivity contribution in [1.29, 1.82) is 0 Å². The molecule has 0 aromatic heterocycles. The van der Waals surface area contributed by atoms with Crippen molar-refractivity contribution in [1.82, 2.24) is 5.32 Å². The number of ether oxygens (including phenoxy) is 1. The zero-order valence-electron chi connectivity index (χ0n) is 8.42. The summed E-state index contributed by atoms with van der Waals surface area (Å²) in [6, 6.07) is 5.64. The highest BCUT2D eigenvalue weighted by atomic mass is 35.5. The van der Waals surface area contributed by atoms with Crippen LogP contribution in [0.1, 0.15) is 5.56 Å². The van der Waals surface area contributed by atoms with Crippen LogP contribution in [-0.2, 0) is 0 Å². The Morgan fingerprint density at radius 1 is 1.60 bits per heavy atom. The molecule has 1 aromatic rings. The van der Waals surface area contributed by atoms with Gasteiger partial charge in [0.05, 0.1) is 11.6 Å². The van der Waals surface area contributed by atoms with Crippen molar-refractivity contribution in [3.05, 3.63) is 28.8 Å². The van der Waals surface area contributed by atoms with Gasteiger partial charge in [0, 0.05) is 0 Å². The van der Waals surface area contributed by atoms with E-state index in [2.05, 4.69) is 17.5 Å². The van der Waals surface area contributed by atoms with E-state index in [0.29, 0.717) is 23.9 Å². The van der Waals surface area contributed by atoms with Gasteiger partial charge in [-0.05, 0) is 36.8 Å². The average Bonchev–Trinajstić information content (AvgIpc) is 2.17. The monoisotopic (exact) mass is 244 g/mol. The third-order valence-electron chi connectivity index (χ3n) is 1.75. The van der Waals surface area contributed by atoms with Gasteiger partial charge in [-0.3, -0.25) is 0 Å². The molecule has 0 radical (unpaired) electrons. The summed E-state index contributed by atoms with van der Waals surface area (Å²) in [6.45, 7) is 3.02. The first-order chi connectivity index (χ1) is 7.09. The lowest BCUT2D eigenvalue weighted by molar-refractivity contribution is 0.322. The molecule has 5 heteroatoms. The van der Waals surface area contributed by atoms with Crippen LogP contribution in [0.25, 0.3) is 0 Å². The Balaban J connectivity index is 2.43. The summed E-state index contributed by atoms with van der Waals surface area (Å²) in [6.07, 6.45) is 0. The number of aryl methyl sites for hydroxylation is 1. The first-order valence-corrected chi connectivity index (χ1v) is 5.30. The molecule has 0 bridgehead atoms. The summed E-state index contributed by atoms with van der Waals surface area (Å²) < 4.78 is 5.46. The summed E-state index contributed by atoms with van der Waals surface area (Å²) in [5.74, 6) is 0.682. The number of halogens is 1. The molecular formula is C10H13ClN2OS. The van der Waals surface area contributed by atoms with Gasteiger partial charge in [0.25, 0.3) is 0 Å². The fraction of sp³-hybridized carbons (Fsp3) is 0.300. The fourth-order valence-electron chi connectivity index (χ4n) is 1.06. The third-order valence-corrected chi connectivity index (χ3v) is 2.20. The molecule has 0 aliphatic heterocycles. The number of benzene rings is 1. The summed E-state index contributed by atoms with van der Waals surface area (Å²) >= 11 is 10.6. The maximum atomic E-state index is 5.94. The molecule has 0 spiro atoms. The molecule has 0 aliphatic carbocycles. The maximum absolute atomic E-state index is 5.94. The maximum Gasteiger partial charge on any atom is 0.163 e. The van der Waals surface area contributed by atoms with Gasteiger partial charge in [0.2, 0.25) is 0 Å². The smallest absolute Gasteiger partial charge is 0.163 e. The van der Waals surface area contributed by atoms with E-state index in [1.54, 1.807) is 0 Å². The molecule has 3 N–H and O–H groups in total. The highest BCUT2D eigenvalue weighted by Gasteiger charge is 2.00. The molecular weight excluding hydrogens is 232 g/mol. The van der Waals surface area contributed by atoms with Crippen LogP contribution in [0.5, 0.6) is 5.75 Å². The first kappa shape index (κ1) is 12.1. The Morgan fingerprint density at radius 3 is 3.00 bits per heavy atom. The van der Waals surface area contributed by atoms with Gasteiger partial charge >= 0.3 is 0 Å². The number of hydrogen-bond donors (Lipinski definition) is 2. The van der Waals surface area contributed by atoms with Gasteiger partial charge in [-0.25, -0.2) is 0 Å². The van der Waals surface area contributed by atoms with E-state index < -0.39 is 0 Å². The molecule has 15 heavy (non-hydrogen) atoms. The molecule has 1 rings (SSSR count). The molecule has 0 unspecified atom stereocenters. The van der Waals surface area contributed by atoms with E-state index in [1.807, 2.05) is 25.1 Å². The molecule has 3 nitrogen and oxygen atoms in total. The largest absolute Gasteiger partial charge is 0.490 e. The minimum atomic E-state index is 0.272. The van der Waals surface area contributed by atoms with Crippen molar-refractivity contribution >= 4 is 28.9 Å². The second kappa shape index (κ2) is 5.78. The van der Waals surface area contributed by atoms with E-state index in [1.165, 1.54) is 0 Å². The topological polar surface area (TPSA) is 47.3 Å². The minimum Gasteiger partial charge on any atom is -0.490 e. The zero-order chi connectivity index (χ0) is 11.3. The van der Waals surface area contributed by atoms with Gasteiger partial charge in [-0.15, -0.1) is 0 Å². The van der Waals surface area contributed by atoms with Crippen molar-refractivity contribution in [2.75, 3.05) is 13.2 Å². The standard InChI is InChI=1S/C10H13ClN2OS/c1-7-2-3-8(11)9(6-7)14-5-4-13-10(12)15/h2-3,6H,4-5H2,1H3,(H3,12,13,15). The van der Waals surface area contributed by atoms with Crippen LogP contribution in [0.3, 0.4) is 0 Å². The second-order valence-corrected chi connectivity index (χ2v) is 3.92. The van der Waals surface area contributed by atoms with Crippen molar-refractivity contribution in [3.63, 3.8) is 0 Å². The van der Waals surface area contributed by atoms with Gasteiger partial charge in [0.15, 0.2) is 5.11 Å². The second-order valence-electron chi connectivity index (χ2n) is 3.07. The number of thiocarbonyl (C=S) groups is 1. The molecule has 0 amide bonds. The first-order valence-electron chi connectivity index (χ1n) is 4.52. The highest BCUT2D eigenvalue weighted by Crippen LogP contribution is 2.24. The van der Waals surface area contributed by atoms with E-state index in [0.717, 1.165) is 5.56 Å². The zero-order valence-corrected chi connectivity index (χ0v) is 9.99. The van der Waals surface area contributed by atoms with Crippen LogP contribution < -0.4 is 15.8 Å². The highest BCUT2D eigenvalue weighted by molar-refractivity contribution is 7.80.